The lowest BCUT2D eigenvalue weighted by molar-refractivity contribution is -0.163. The van der Waals surface area contributed by atoms with E-state index in [9.17, 15) is 27.4 Å². The Bertz CT molecular complexity index is 1760. The fourth-order valence-corrected chi connectivity index (χ4v) is 6.48. The number of alkyl halides is 2. The Morgan fingerprint density at radius 3 is 2.25 bits per heavy atom. The summed E-state index contributed by atoms with van der Waals surface area (Å²) in [6, 6.07) is 18.4. The van der Waals surface area contributed by atoms with Crippen molar-refractivity contribution in [3.63, 3.8) is 0 Å². The van der Waals surface area contributed by atoms with Crippen molar-refractivity contribution in [3.8, 4) is 5.75 Å². The second-order valence-corrected chi connectivity index (χ2v) is 15.2. The van der Waals surface area contributed by atoms with Gasteiger partial charge >= 0.3 is 17.9 Å². The van der Waals surface area contributed by atoms with Crippen LogP contribution in [0.25, 0.3) is 5.57 Å². The zero-order chi connectivity index (χ0) is 37.3. The van der Waals surface area contributed by atoms with Crippen molar-refractivity contribution < 1.29 is 42.7 Å². The first-order chi connectivity index (χ1) is 24.1. The molecule has 2 atom stereocenters. The summed E-state index contributed by atoms with van der Waals surface area (Å²) >= 11 is 0. The van der Waals surface area contributed by atoms with Gasteiger partial charge in [-0.1, -0.05) is 64.5 Å². The molecule has 0 heterocycles. The van der Waals surface area contributed by atoms with Crippen molar-refractivity contribution in [3.05, 3.63) is 89.5 Å². The maximum atomic E-state index is 13.9. The van der Waals surface area contributed by atoms with E-state index in [1.54, 1.807) is 36.6 Å². The fourth-order valence-electron chi connectivity index (χ4n) is 5.78. The van der Waals surface area contributed by atoms with Crippen LogP contribution in [0.3, 0.4) is 0 Å². The molecule has 0 bridgehead atoms. The van der Waals surface area contributed by atoms with Crippen LogP contribution in [0.5, 0.6) is 5.75 Å². The molecule has 282 valence electrons. The number of hydrogen-bond donors (Lipinski definition) is 3. The number of ether oxygens (including phenoxy) is 1. The van der Waals surface area contributed by atoms with Crippen molar-refractivity contribution in [2.45, 2.75) is 77.2 Å². The van der Waals surface area contributed by atoms with E-state index in [4.69, 9.17) is 9.84 Å². The number of allylic oxidation sites excluding steroid dienone is 2. The Morgan fingerprint density at radius 2 is 1.69 bits per heavy atom. The summed E-state index contributed by atoms with van der Waals surface area (Å²) < 4.78 is 45.4. The molecule has 0 aromatic heterocycles. The zero-order valence-electron chi connectivity index (χ0n) is 30.3. The lowest BCUT2D eigenvalue weighted by Gasteiger charge is -2.33. The summed E-state index contributed by atoms with van der Waals surface area (Å²) in [6.45, 7) is 8.10. The molecular weight excluding hydrogens is 693 g/mol. The molecule has 2 unspecified atom stereocenters. The summed E-state index contributed by atoms with van der Waals surface area (Å²) in [5.74, 6) is -6.17. The average Bonchev–Trinajstić information content (AvgIpc) is 3.10. The van der Waals surface area contributed by atoms with Crippen LogP contribution in [0.4, 0.5) is 25.0 Å². The number of amides is 3. The van der Waals surface area contributed by atoms with Crippen LogP contribution >= 0.6 is 0 Å². The highest BCUT2D eigenvalue weighted by atomic mass is 32.2. The molecular formula is C39H49F2N3O7S. The first kappa shape index (κ1) is 41.8. The first-order valence-electron chi connectivity index (χ1n) is 17.1. The second kappa shape index (κ2) is 18.2. The molecule has 52 heavy (non-hydrogen) atoms. The smallest absolute Gasteiger partial charge is 0.376 e. The van der Waals surface area contributed by atoms with E-state index in [0.717, 1.165) is 37.7 Å². The van der Waals surface area contributed by atoms with Gasteiger partial charge in [0.2, 0.25) is 0 Å². The molecule has 13 heteroatoms. The third kappa shape index (κ3) is 11.2. The number of unbranched alkanes of at least 4 members (excludes halogenated alkanes) is 1. The maximum absolute atomic E-state index is 13.9. The highest BCUT2D eigenvalue weighted by Gasteiger charge is 2.39. The summed E-state index contributed by atoms with van der Waals surface area (Å²) in [5.41, 5.74) is 4.33. The summed E-state index contributed by atoms with van der Waals surface area (Å²) in [5, 5.41) is 13.5. The van der Waals surface area contributed by atoms with Gasteiger partial charge in [0.1, 0.15) is 5.75 Å². The van der Waals surface area contributed by atoms with Gasteiger partial charge in [-0.3, -0.25) is 13.9 Å². The number of urea groups is 1. The quantitative estimate of drug-likeness (QED) is 0.144. The Hall–Kier alpha value is -4.62. The fraction of sp³-hybridized carbons (Fsp3) is 0.410. The number of halogens is 2. The normalized spacial score (nSPS) is 15.1. The standard InChI is InChI=1S/C39H47F2N3O6S.H2O/c1-6-7-22-50-33-21-18-31(23-34(33)51(5)49)43-37(48)44(24-26-8-10-29(11-9-26)35(45)42-25-39(40,41)36(46)47)32-19-14-28(15-20-32)27-12-16-30(17-13-27)38(2,3)4;/h8-12,14-15,18-21,23,30H,6-7,13,16-17,22,24-25H2,1-5H3,(H,42,45)(H,43,48)(H,46,47);1H2. The molecule has 0 fully saturated rings. The number of aliphatic carboxylic acids is 1. The van der Waals surface area contributed by atoms with Crippen LogP contribution in [0.15, 0.2) is 77.7 Å². The monoisotopic (exact) mass is 741 g/mol. The minimum absolute atomic E-state index is 0. The predicted octanol–water partition coefficient (Wildman–Crippen LogP) is 7.70. The number of benzene rings is 3. The highest BCUT2D eigenvalue weighted by molar-refractivity contribution is 7.84. The van der Waals surface area contributed by atoms with E-state index in [1.807, 2.05) is 29.6 Å². The van der Waals surface area contributed by atoms with Crippen molar-refractivity contribution in [2.75, 3.05) is 29.6 Å². The topological polar surface area (TPSA) is 157 Å². The number of carboxylic acid groups (broad SMARTS) is 1. The Labute approximate surface area is 306 Å². The molecule has 3 aromatic rings. The summed E-state index contributed by atoms with van der Waals surface area (Å²) in [7, 11) is -1.38. The Balaban J connectivity index is 0.00000729. The number of carbonyl (C=O) groups is 3. The molecule has 0 saturated heterocycles. The minimum atomic E-state index is -4.10. The maximum Gasteiger partial charge on any atom is 0.376 e. The second-order valence-electron chi connectivity index (χ2n) is 13.8. The van der Waals surface area contributed by atoms with Gasteiger partial charge in [0.25, 0.3) is 5.91 Å². The Kier molecular flexibility index (Phi) is 14.7. The van der Waals surface area contributed by atoms with E-state index >= 15 is 0 Å². The van der Waals surface area contributed by atoms with Gasteiger partial charge < -0.3 is 26.0 Å². The molecule has 0 saturated carbocycles. The SMILES string of the molecule is CCCCOc1ccc(NC(=O)N(Cc2ccc(C(=O)NCC(F)(F)C(=O)O)cc2)c2ccc(C3=CCC(C(C)(C)C)CC3)cc2)cc1S(C)=O.O. The third-order valence-electron chi connectivity index (χ3n) is 9.03. The molecule has 0 spiro atoms. The van der Waals surface area contributed by atoms with E-state index in [0.29, 0.717) is 40.1 Å². The van der Waals surface area contributed by atoms with E-state index in [2.05, 4.69) is 39.1 Å². The van der Waals surface area contributed by atoms with Gasteiger partial charge in [-0.25, -0.2) is 9.59 Å². The van der Waals surface area contributed by atoms with Crippen LogP contribution in [-0.4, -0.2) is 58.0 Å². The van der Waals surface area contributed by atoms with Crippen LogP contribution in [-0.2, 0) is 22.1 Å². The predicted molar refractivity (Wildman–Crippen MR) is 201 cm³/mol. The highest BCUT2D eigenvalue weighted by Crippen LogP contribution is 2.40. The van der Waals surface area contributed by atoms with E-state index < -0.39 is 41.2 Å². The van der Waals surface area contributed by atoms with Crippen LogP contribution in [0.1, 0.15) is 81.3 Å². The third-order valence-corrected chi connectivity index (χ3v) is 9.97. The average molecular weight is 742 g/mol. The summed E-state index contributed by atoms with van der Waals surface area (Å²) in [4.78, 5) is 39.1. The number of carbonyl (C=O) groups excluding carboxylic acids is 2. The van der Waals surface area contributed by atoms with E-state index in [1.165, 1.54) is 22.6 Å². The molecule has 3 aromatic carbocycles. The van der Waals surface area contributed by atoms with E-state index in [-0.39, 0.29) is 23.0 Å². The molecule has 5 N–H and O–H groups in total. The van der Waals surface area contributed by atoms with Crippen LogP contribution in [0, 0.1) is 11.3 Å². The molecule has 10 nitrogen and oxygen atoms in total. The lowest BCUT2D eigenvalue weighted by atomic mass is 9.72. The molecule has 0 aliphatic heterocycles. The van der Waals surface area contributed by atoms with Gasteiger partial charge in [-0.2, -0.15) is 8.78 Å². The number of carboxylic acids is 1. The number of nitrogens with zero attached hydrogens (tertiary/aromatic N) is 1. The molecule has 4 rings (SSSR count). The van der Waals surface area contributed by atoms with Gasteiger partial charge in [0.15, 0.2) is 0 Å². The number of anilines is 2. The van der Waals surface area contributed by atoms with Gasteiger partial charge in [0.05, 0.1) is 35.4 Å². The molecule has 0 radical (unpaired) electrons. The van der Waals surface area contributed by atoms with Crippen LogP contribution < -0.4 is 20.3 Å². The molecule has 3 amide bonds. The number of nitrogens with one attached hydrogen (secondary N) is 2. The van der Waals surface area contributed by atoms with Gasteiger partial charge in [-0.15, -0.1) is 0 Å². The van der Waals surface area contributed by atoms with Crippen LogP contribution in [0.2, 0.25) is 0 Å². The lowest BCUT2D eigenvalue weighted by Crippen LogP contribution is -2.42. The van der Waals surface area contributed by atoms with Crippen molar-refractivity contribution >= 4 is 45.7 Å². The molecule has 1 aliphatic carbocycles. The zero-order valence-corrected chi connectivity index (χ0v) is 31.1. The van der Waals surface area contributed by atoms with Crippen molar-refractivity contribution in [2.24, 2.45) is 11.3 Å². The number of rotatable bonds is 14. The van der Waals surface area contributed by atoms with Crippen molar-refractivity contribution in [1.82, 2.24) is 5.32 Å². The molecule has 1 aliphatic rings. The largest absolute Gasteiger partial charge is 0.492 e. The minimum Gasteiger partial charge on any atom is -0.492 e. The Morgan fingerprint density at radius 1 is 1.02 bits per heavy atom. The van der Waals surface area contributed by atoms with Gasteiger partial charge in [0, 0.05) is 23.2 Å². The first-order valence-corrected chi connectivity index (χ1v) is 18.6. The van der Waals surface area contributed by atoms with Gasteiger partial charge in [-0.05, 0) is 96.2 Å². The summed E-state index contributed by atoms with van der Waals surface area (Å²) in [6.07, 6.45) is 8.75. The number of hydrogen-bond acceptors (Lipinski definition) is 5. The van der Waals surface area contributed by atoms with Crippen molar-refractivity contribution in [1.29, 1.82) is 0 Å².